The van der Waals surface area contributed by atoms with Crippen LogP contribution in [0.15, 0.2) is 30.3 Å². The fourth-order valence-electron chi connectivity index (χ4n) is 3.03. The number of para-hydroxylation sites is 1. The van der Waals surface area contributed by atoms with Gasteiger partial charge in [-0.25, -0.2) is 4.79 Å². The van der Waals surface area contributed by atoms with Crippen molar-refractivity contribution in [3.05, 3.63) is 41.6 Å². The highest BCUT2D eigenvalue weighted by Gasteiger charge is 2.19. The number of nitrogens with zero attached hydrogens (tertiary/aromatic N) is 2. The molecule has 28 heavy (non-hydrogen) atoms. The Kier molecular flexibility index (Phi) is 7.92. The SMILES string of the molecule is CN(C)C=O.Cc1cc(C(=O)OCC(=O)NC2CCCC2)c2ccccc2n1. The van der Waals surface area contributed by atoms with Gasteiger partial charge in [0.05, 0.1) is 11.1 Å². The third-order valence-electron chi connectivity index (χ3n) is 4.33. The molecule has 1 aliphatic rings. The monoisotopic (exact) mass is 385 g/mol. The van der Waals surface area contributed by atoms with Crippen LogP contribution >= 0.6 is 0 Å². The number of amides is 2. The van der Waals surface area contributed by atoms with Gasteiger partial charge in [0, 0.05) is 31.2 Å². The molecule has 0 unspecified atom stereocenters. The molecule has 0 radical (unpaired) electrons. The standard InChI is InChI=1S/C18H20N2O3.C3H7NO/c1-12-10-15(14-8-4-5-9-16(14)19-12)18(22)23-11-17(21)20-13-6-2-3-7-13;1-4(2)3-5/h4-5,8-10,13H,2-3,6-7,11H2,1H3,(H,20,21);3H,1-2H3. The Hall–Kier alpha value is -2.96. The van der Waals surface area contributed by atoms with E-state index in [0.717, 1.165) is 48.7 Å². The van der Waals surface area contributed by atoms with E-state index in [0.29, 0.717) is 5.56 Å². The summed E-state index contributed by atoms with van der Waals surface area (Å²) in [5.41, 5.74) is 1.93. The van der Waals surface area contributed by atoms with Crippen molar-refractivity contribution in [1.82, 2.24) is 15.2 Å². The summed E-state index contributed by atoms with van der Waals surface area (Å²) in [5, 5.41) is 3.64. The van der Waals surface area contributed by atoms with Crippen molar-refractivity contribution in [2.45, 2.75) is 38.6 Å². The summed E-state index contributed by atoms with van der Waals surface area (Å²) in [5.74, 6) is -0.728. The lowest BCUT2D eigenvalue weighted by Gasteiger charge is -2.12. The minimum Gasteiger partial charge on any atom is -0.452 e. The molecule has 1 aromatic carbocycles. The number of esters is 1. The van der Waals surface area contributed by atoms with Crippen molar-refractivity contribution in [2.75, 3.05) is 20.7 Å². The summed E-state index contributed by atoms with van der Waals surface area (Å²) in [7, 11) is 3.38. The van der Waals surface area contributed by atoms with E-state index < -0.39 is 5.97 Å². The molecule has 0 saturated heterocycles. The second kappa shape index (κ2) is 10.4. The summed E-state index contributed by atoms with van der Waals surface area (Å²) in [6, 6.07) is 9.33. The van der Waals surface area contributed by atoms with E-state index >= 15 is 0 Å². The van der Waals surface area contributed by atoms with Gasteiger partial charge in [-0.2, -0.15) is 0 Å². The number of rotatable bonds is 5. The molecule has 0 aliphatic heterocycles. The Balaban J connectivity index is 0.000000500. The van der Waals surface area contributed by atoms with E-state index in [1.165, 1.54) is 4.90 Å². The Morgan fingerprint density at radius 1 is 1.25 bits per heavy atom. The van der Waals surface area contributed by atoms with Crippen LogP contribution in [0.2, 0.25) is 0 Å². The second-order valence-corrected chi connectivity index (χ2v) is 7.02. The minimum atomic E-state index is -0.492. The molecule has 2 amide bonds. The fourth-order valence-corrected chi connectivity index (χ4v) is 3.03. The number of fused-ring (bicyclic) bond motifs is 1. The lowest BCUT2D eigenvalue weighted by atomic mass is 10.1. The first-order chi connectivity index (χ1) is 13.4. The van der Waals surface area contributed by atoms with Gasteiger partial charge in [0.1, 0.15) is 0 Å². The van der Waals surface area contributed by atoms with Crippen molar-refractivity contribution in [1.29, 1.82) is 0 Å². The topological polar surface area (TPSA) is 88.6 Å². The van der Waals surface area contributed by atoms with E-state index in [1.54, 1.807) is 20.2 Å². The molecular weight excluding hydrogens is 358 g/mol. The average Bonchev–Trinajstić information content (AvgIpc) is 3.18. The van der Waals surface area contributed by atoms with Crippen molar-refractivity contribution in [3.63, 3.8) is 0 Å². The predicted octanol–water partition coefficient (Wildman–Crippen LogP) is 2.46. The third-order valence-corrected chi connectivity index (χ3v) is 4.33. The zero-order valence-corrected chi connectivity index (χ0v) is 16.6. The first kappa shape index (κ1) is 21.3. The maximum atomic E-state index is 12.3. The molecule has 2 aromatic rings. The van der Waals surface area contributed by atoms with Gasteiger partial charge in [-0.1, -0.05) is 31.0 Å². The van der Waals surface area contributed by atoms with Crippen LogP contribution < -0.4 is 5.32 Å². The van der Waals surface area contributed by atoms with E-state index in [2.05, 4.69) is 10.3 Å². The van der Waals surface area contributed by atoms with Crippen LogP contribution in [0.4, 0.5) is 0 Å². The Morgan fingerprint density at radius 3 is 2.54 bits per heavy atom. The number of hydrogen-bond acceptors (Lipinski definition) is 5. The van der Waals surface area contributed by atoms with Gasteiger partial charge in [0.15, 0.2) is 6.61 Å². The zero-order chi connectivity index (χ0) is 20.5. The fraction of sp³-hybridized carbons (Fsp3) is 0.429. The molecule has 7 heteroatoms. The molecule has 1 fully saturated rings. The van der Waals surface area contributed by atoms with Crippen molar-refractivity contribution < 1.29 is 19.1 Å². The van der Waals surface area contributed by atoms with Gasteiger partial charge < -0.3 is 15.0 Å². The number of hydrogen-bond donors (Lipinski definition) is 1. The minimum absolute atomic E-state index is 0.227. The normalized spacial score (nSPS) is 13.4. The van der Waals surface area contributed by atoms with Crippen LogP contribution in [0.5, 0.6) is 0 Å². The maximum absolute atomic E-state index is 12.3. The molecule has 0 atom stereocenters. The molecular formula is C21H27N3O4. The van der Waals surface area contributed by atoms with Crippen molar-refractivity contribution >= 4 is 29.2 Å². The Morgan fingerprint density at radius 2 is 1.89 bits per heavy atom. The first-order valence-corrected chi connectivity index (χ1v) is 9.35. The highest BCUT2D eigenvalue weighted by atomic mass is 16.5. The lowest BCUT2D eigenvalue weighted by Crippen LogP contribution is -2.35. The van der Waals surface area contributed by atoms with Crippen LogP contribution in [0.25, 0.3) is 10.9 Å². The molecule has 0 spiro atoms. The van der Waals surface area contributed by atoms with Crippen LogP contribution in [-0.2, 0) is 14.3 Å². The highest BCUT2D eigenvalue weighted by Crippen LogP contribution is 2.19. The van der Waals surface area contributed by atoms with Gasteiger partial charge in [-0.15, -0.1) is 0 Å². The molecule has 1 saturated carbocycles. The number of aryl methyl sites for hydroxylation is 1. The molecule has 0 bridgehead atoms. The largest absolute Gasteiger partial charge is 0.452 e. The third kappa shape index (κ3) is 6.33. The maximum Gasteiger partial charge on any atom is 0.339 e. The first-order valence-electron chi connectivity index (χ1n) is 9.35. The highest BCUT2D eigenvalue weighted by molar-refractivity contribution is 6.04. The summed E-state index contributed by atoms with van der Waals surface area (Å²) >= 11 is 0. The number of nitrogens with one attached hydrogen (secondary N) is 1. The molecule has 1 aliphatic carbocycles. The summed E-state index contributed by atoms with van der Waals surface area (Å²) in [4.78, 5) is 39.5. The van der Waals surface area contributed by atoms with E-state index in [4.69, 9.17) is 4.74 Å². The second-order valence-electron chi connectivity index (χ2n) is 7.02. The summed E-state index contributed by atoms with van der Waals surface area (Å²) in [6.07, 6.45) is 5.06. The Labute approximate surface area is 165 Å². The number of benzene rings is 1. The average molecular weight is 385 g/mol. The van der Waals surface area contributed by atoms with Crippen LogP contribution in [-0.4, -0.2) is 54.9 Å². The van der Waals surface area contributed by atoms with E-state index in [1.807, 2.05) is 31.2 Å². The number of pyridine rings is 1. The van der Waals surface area contributed by atoms with Crippen LogP contribution in [0, 0.1) is 6.92 Å². The van der Waals surface area contributed by atoms with Crippen molar-refractivity contribution in [3.8, 4) is 0 Å². The predicted molar refractivity (Wildman–Crippen MR) is 107 cm³/mol. The lowest BCUT2D eigenvalue weighted by molar-refractivity contribution is -0.124. The van der Waals surface area contributed by atoms with E-state index in [9.17, 15) is 14.4 Å². The van der Waals surface area contributed by atoms with Crippen LogP contribution in [0.1, 0.15) is 41.7 Å². The van der Waals surface area contributed by atoms with Gasteiger partial charge >= 0.3 is 5.97 Å². The number of aromatic nitrogens is 1. The van der Waals surface area contributed by atoms with E-state index in [-0.39, 0.29) is 18.6 Å². The quantitative estimate of drug-likeness (QED) is 0.631. The van der Waals surface area contributed by atoms with Crippen LogP contribution in [0.3, 0.4) is 0 Å². The molecule has 150 valence electrons. The number of ether oxygens (including phenoxy) is 1. The number of carbonyl (C=O) groups excluding carboxylic acids is 3. The number of carbonyl (C=O) groups is 3. The molecule has 7 nitrogen and oxygen atoms in total. The Bertz CT molecular complexity index is 830. The molecule has 1 N–H and O–H groups in total. The summed E-state index contributed by atoms with van der Waals surface area (Å²) < 4.78 is 5.18. The van der Waals surface area contributed by atoms with Gasteiger partial charge in [0.2, 0.25) is 6.41 Å². The summed E-state index contributed by atoms with van der Waals surface area (Å²) in [6.45, 7) is 1.58. The zero-order valence-electron chi connectivity index (χ0n) is 16.6. The van der Waals surface area contributed by atoms with Gasteiger partial charge in [-0.05, 0) is 31.9 Å². The van der Waals surface area contributed by atoms with Crippen molar-refractivity contribution in [2.24, 2.45) is 0 Å². The smallest absolute Gasteiger partial charge is 0.339 e. The molecule has 1 aromatic heterocycles. The van der Waals surface area contributed by atoms with Gasteiger partial charge in [0.25, 0.3) is 5.91 Å². The van der Waals surface area contributed by atoms with Gasteiger partial charge in [-0.3, -0.25) is 14.6 Å². The molecule has 1 heterocycles. The molecule has 3 rings (SSSR count).